The Morgan fingerprint density at radius 2 is 2.05 bits per heavy atom. The van der Waals surface area contributed by atoms with Crippen molar-refractivity contribution in [3.8, 4) is 11.6 Å². The molecule has 0 spiro atoms. The lowest BCUT2D eigenvalue weighted by Gasteiger charge is -2.06. The van der Waals surface area contributed by atoms with Crippen LogP contribution in [0.2, 0.25) is 0 Å². The summed E-state index contributed by atoms with van der Waals surface area (Å²) in [5.74, 6) is 0.934. The number of H-pyrrole nitrogens is 1. The first kappa shape index (κ1) is 13.8. The van der Waals surface area contributed by atoms with Gasteiger partial charge in [-0.2, -0.15) is 0 Å². The fourth-order valence-electron chi connectivity index (χ4n) is 1.65. The molecule has 1 aromatic carbocycles. The normalized spacial score (nSPS) is 10.4. The van der Waals surface area contributed by atoms with Crippen LogP contribution >= 0.6 is 15.9 Å². The minimum atomic E-state index is -0.260. The van der Waals surface area contributed by atoms with Crippen molar-refractivity contribution in [3.05, 3.63) is 51.0 Å². The van der Waals surface area contributed by atoms with Crippen LogP contribution in [-0.2, 0) is 6.42 Å². The van der Waals surface area contributed by atoms with Gasteiger partial charge in [-0.15, -0.1) is 0 Å². The third kappa shape index (κ3) is 3.67. The van der Waals surface area contributed by atoms with Gasteiger partial charge in [0.15, 0.2) is 0 Å². The van der Waals surface area contributed by atoms with Gasteiger partial charge in [0.25, 0.3) is 5.56 Å². The number of rotatable bonds is 5. The Morgan fingerprint density at radius 3 is 2.74 bits per heavy atom. The first-order valence-electron chi connectivity index (χ1n) is 6.20. The maximum Gasteiger partial charge on any atom is 0.268 e. The SMILES string of the molecule is CCCCc1ccc(Oc2nc[nH]c(=O)c2Br)cc1. The fourth-order valence-corrected chi connectivity index (χ4v) is 1.95. The number of nitrogens with zero attached hydrogens (tertiary/aromatic N) is 1. The summed E-state index contributed by atoms with van der Waals surface area (Å²) < 4.78 is 5.87. The Kier molecular flexibility index (Phi) is 4.74. The molecule has 0 atom stereocenters. The Hall–Kier alpha value is -1.62. The van der Waals surface area contributed by atoms with Crippen LogP contribution in [0, 0.1) is 0 Å². The molecule has 19 heavy (non-hydrogen) atoms. The van der Waals surface area contributed by atoms with E-state index in [1.54, 1.807) is 0 Å². The van der Waals surface area contributed by atoms with E-state index >= 15 is 0 Å². The molecule has 0 radical (unpaired) electrons. The molecule has 100 valence electrons. The van der Waals surface area contributed by atoms with Gasteiger partial charge in [0, 0.05) is 0 Å². The lowest BCUT2D eigenvalue weighted by Crippen LogP contribution is -2.08. The summed E-state index contributed by atoms with van der Waals surface area (Å²) in [6.45, 7) is 2.17. The number of benzene rings is 1. The van der Waals surface area contributed by atoms with E-state index < -0.39 is 0 Å². The van der Waals surface area contributed by atoms with Gasteiger partial charge in [0.05, 0.1) is 6.33 Å². The van der Waals surface area contributed by atoms with E-state index in [-0.39, 0.29) is 11.4 Å². The topological polar surface area (TPSA) is 55.0 Å². The maximum atomic E-state index is 11.4. The van der Waals surface area contributed by atoms with Crippen molar-refractivity contribution in [2.75, 3.05) is 0 Å². The number of ether oxygens (including phenoxy) is 1. The minimum absolute atomic E-state index is 0.260. The van der Waals surface area contributed by atoms with E-state index in [0.29, 0.717) is 10.2 Å². The lowest BCUT2D eigenvalue weighted by atomic mass is 10.1. The molecule has 0 amide bonds. The third-order valence-corrected chi connectivity index (χ3v) is 3.42. The second-order valence-electron chi connectivity index (χ2n) is 4.20. The molecular formula is C14H15BrN2O2. The molecule has 4 nitrogen and oxygen atoms in total. The zero-order valence-electron chi connectivity index (χ0n) is 10.6. The summed E-state index contributed by atoms with van der Waals surface area (Å²) >= 11 is 3.16. The van der Waals surface area contributed by atoms with Crippen molar-refractivity contribution >= 4 is 15.9 Å². The highest BCUT2D eigenvalue weighted by atomic mass is 79.9. The average Bonchev–Trinajstić information content (AvgIpc) is 2.43. The largest absolute Gasteiger partial charge is 0.438 e. The summed E-state index contributed by atoms with van der Waals surface area (Å²) in [4.78, 5) is 17.8. The number of hydrogen-bond acceptors (Lipinski definition) is 3. The Morgan fingerprint density at radius 1 is 1.32 bits per heavy atom. The molecule has 1 aromatic heterocycles. The van der Waals surface area contributed by atoms with Crippen LogP contribution in [0.15, 0.2) is 39.9 Å². The number of aromatic amines is 1. The van der Waals surface area contributed by atoms with Gasteiger partial charge in [-0.25, -0.2) is 4.98 Å². The predicted octanol–water partition coefficient (Wildman–Crippen LogP) is 3.67. The molecule has 0 saturated heterocycles. The highest BCUT2D eigenvalue weighted by molar-refractivity contribution is 9.10. The second kappa shape index (κ2) is 6.52. The zero-order valence-corrected chi connectivity index (χ0v) is 12.2. The molecule has 0 aliphatic carbocycles. The number of aryl methyl sites for hydroxylation is 1. The first-order valence-corrected chi connectivity index (χ1v) is 7.00. The monoisotopic (exact) mass is 322 g/mol. The van der Waals surface area contributed by atoms with Crippen LogP contribution in [0.25, 0.3) is 0 Å². The Balaban J connectivity index is 2.11. The molecule has 2 rings (SSSR count). The first-order chi connectivity index (χ1) is 9.20. The maximum absolute atomic E-state index is 11.4. The predicted molar refractivity (Wildman–Crippen MR) is 77.7 cm³/mol. The van der Waals surface area contributed by atoms with Crippen LogP contribution in [0.4, 0.5) is 0 Å². The van der Waals surface area contributed by atoms with Gasteiger partial charge >= 0.3 is 0 Å². The van der Waals surface area contributed by atoms with Crippen LogP contribution < -0.4 is 10.3 Å². The molecule has 0 unspecified atom stereocenters. The molecule has 0 bridgehead atoms. The third-order valence-electron chi connectivity index (χ3n) is 2.72. The standard InChI is InChI=1S/C14H15BrN2O2/c1-2-3-4-10-5-7-11(8-6-10)19-14-12(15)13(18)16-9-17-14/h5-9H,2-4H2,1H3,(H,16,17,18). The van der Waals surface area contributed by atoms with E-state index in [9.17, 15) is 4.79 Å². The molecule has 0 aliphatic rings. The van der Waals surface area contributed by atoms with Gasteiger partial charge < -0.3 is 9.72 Å². The van der Waals surface area contributed by atoms with Gasteiger partial charge in [0.2, 0.25) is 5.88 Å². The van der Waals surface area contributed by atoms with Gasteiger partial charge in [-0.3, -0.25) is 4.79 Å². The molecule has 0 fully saturated rings. The molecule has 5 heteroatoms. The van der Waals surface area contributed by atoms with Gasteiger partial charge in [-0.05, 0) is 46.5 Å². The molecule has 0 saturated carbocycles. The van der Waals surface area contributed by atoms with E-state index in [4.69, 9.17) is 4.74 Å². The molecule has 1 N–H and O–H groups in total. The lowest BCUT2D eigenvalue weighted by molar-refractivity contribution is 0.456. The summed E-state index contributed by atoms with van der Waals surface area (Å²) in [5, 5.41) is 0. The zero-order chi connectivity index (χ0) is 13.7. The quantitative estimate of drug-likeness (QED) is 0.913. The molecule has 1 heterocycles. The van der Waals surface area contributed by atoms with Crippen LogP contribution in [0.1, 0.15) is 25.3 Å². The van der Waals surface area contributed by atoms with Crippen molar-refractivity contribution in [3.63, 3.8) is 0 Å². The Bertz CT molecular complexity index is 593. The number of aromatic nitrogens is 2. The van der Waals surface area contributed by atoms with Crippen molar-refractivity contribution in [1.29, 1.82) is 0 Å². The van der Waals surface area contributed by atoms with Crippen molar-refractivity contribution in [2.24, 2.45) is 0 Å². The number of unbranched alkanes of at least 4 members (excludes halogenated alkanes) is 1. The summed E-state index contributed by atoms with van der Waals surface area (Å²) in [7, 11) is 0. The smallest absolute Gasteiger partial charge is 0.268 e. The van der Waals surface area contributed by atoms with Crippen LogP contribution in [-0.4, -0.2) is 9.97 Å². The molecule has 2 aromatic rings. The van der Waals surface area contributed by atoms with Crippen LogP contribution in [0.5, 0.6) is 11.6 Å². The number of nitrogens with one attached hydrogen (secondary N) is 1. The van der Waals surface area contributed by atoms with E-state index in [0.717, 1.165) is 6.42 Å². The average molecular weight is 323 g/mol. The van der Waals surface area contributed by atoms with E-state index in [1.807, 2.05) is 24.3 Å². The van der Waals surface area contributed by atoms with Crippen molar-refractivity contribution in [2.45, 2.75) is 26.2 Å². The fraction of sp³-hybridized carbons (Fsp3) is 0.286. The van der Waals surface area contributed by atoms with Gasteiger partial charge in [0.1, 0.15) is 10.2 Å². The second-order valence-corrected chi connectivity index (χ2v) is 4.99. The van der Waals surface area contributed by atoms with Crippen LogP contribution in [0.3, 0.4) is 0 Å². The molecule has 0 aliphatic heterocycles. The van der Waals surface area contributed by atoms with E-state index in [2.05, 4.69) is 32.8 Å². The molecular weight excluding hydrogens is 308 g/mol. The van der Waals surface area contributed by atoms with Gasteiger partial charge in [-0.1, -0.05) is 25.5 Å². The summed E-state index contributed by atoms with van der Waals surface area (Å²) in [6, 6.07) is 7.85. The highest BCUT2D eigenvalue weighted by Crippen LogP contribution is 2.24. The van der Waals surface area contributed by atoms with E-state index in [1.165, 1.54) is 24.7 Å². The Labute approximate surface area is 120 Å². The minimum Gasteiger partial charge on any atom is -0.438 e. The summed E-state index contributed by atoms with van der Waals surface area (Å²) in [5.41, 5.74) is 1.02. The van der Waals surface area contributed by atoms with Crippen molar-refractivity contribution < 1.29 is 4.74 Å². The number of hydrogen-bond donors (Lipinski definition) is 1. The summed E-state index contributed by atoms with van der Waals surface area (Å²) in [6.07, 6.45) is 4.76. The number of halogens is 1. The van der Waals surface area contributed by atoms with Crippen molar-refractivity contribution in [1.82, 2.24) is 9.97 Å². The highest BCUT2D eigenvalue weighted by Gasteiger charge is 2.07.